The van der Waals surface area contributed by atoms with Gasteiger partial charge in [-0.1, -0.05) is 55.5 Å². The Kier molecular flexibility index (Phi) is 4.18. The van der Waals surface area contributed by atoms with Crippen molar-refractivity contribution in [2.45, 2.75) is 26.1 Å². The van der Waals surface area contributed by atoms with Crippen LogP contribution in [0.2, 0.25) is 0 Å². The fourth-order valence-electron chi connectivity index (χ4n) is 2.96. The Labute approximate surface area is 137 Å². The molecule has 0 spiro atoms. The Morgan fingerprint density at radius 2 is 1.75 bits per heavy atom. The summed E-state index contributed by atoms with van der Waals surface area (Å²) in [6.07, 6.45) is -2.88. The van der Waals surface area contributed by atoms with E-state index in [0.29, 0.717) is 23.9 Å². The second-order valence-electron chi connectivity index (χ2n) is 5.65. The summed E-state index contributed by atoms with van der Waals surface area (Å²) in [4.78, 5) is 11.8. The second kappa shape index (κ2) is 6.15. The number of benzene rings is 2. The number of hydrogen-bond donors (Lipinski definition) is 0. The van der Waals surface area contributed by atoms with Gasteiger partial charge < -0.3 is 4.57 Å². The molecular weight excluding hydrogens is 315 g/mol. The predicted octanol–water partition coefficient (Wildman–Crippen LogP) is 5.00. The van der Waals surface area contributed by atoms with Gasteiger partial charge in [0.25, 0.3) is 5.78 Å². The second-order valence-corrected chi connectivity index (χ2v) is 5.65. The van der Waals surface area contributed by atoms with Crippen LogP contribution in [0.25, 0.3) is 10.9 Å². The molecule has 0 radical (unpaired) electrons. The van der Waals surface area contributed by atoms with E-state index in [2.05, 4.69) is 0 Å². The smallest absolute Gasteiger partial charge is 0.342 e. The van der Waals surface area contributed by atoms with Crippen molar-refractivity contribution in [3.05, 3.63) is 71.4 Å². The van der Waals surface area contributed by atoms with Gasteiger partial charge in [0.2, 0.25) is 0 Å². The Hall–Kier alpha value is -2.56. The average molecular weight is 331 g/mol. The third-order valence-corrected chi connectivity index (χ3v) is 4.06. The number of Topliss-reactive ketones (excluding diaryl/α,β-unsaturated/α-hetero) is 1. The van der Waals surface area contributed by atoms with Gasteiger partial charge in [0, 0.05) is 18.1 Å². The first-order valence-corrected chi connectivity index (χ1v) is 7.68. The number of ketones is 1. The van der Waals surface area contributed by atoms with Crippen molar-refractivity contribution >= 4 is 16.7 Å². The van der Waals surface area contributed by atoms with Crippen LogP contribution < -0.4 is 0 Å². The van der Waals surface area contributed by atoms with E-state index in [1.54, 1.807) is 16.7 Å². The SMILES string of the molecule is CCc1cccc2c(C(=O)C(F)(F)F)cn(Cc3ccccc3)c12. The van der Waals surface area contributed by atoms with Crippen LogP contribution in [0.3, 0.4) is 0 Å². The molecule has 1 aromatic heterocycles. The third-order valence-electron chi connectivity index (χ3n) is 4.06. The van der Waals surface area contributed by atoms with E-state index in [1.165, 1.54) is 6.20 Å². The summed E-state index contributed by atoms with van der Waals surface area (Å²) in [7, 11) is 0. The van der Waals surface area contributed by atoms with E-state index in [4.69, 9.17) is 0 Å². The lowest BCUT2D eigenvalue weighted by Gasteiger charge is -2.08. The van der Waals surface area contributed by atoms with Crippen LogP contribution in [0, 0.1) is 0 Å². The molecule has 0 amide bonds. The number of alkyl halides is 3. The topological polar surface area (TPSA) is 22.0 Å². The fraction of sp³-hybridized carbons (Fsp3) is 0.211. The molecule has 5 heteroatoms. The van der Waals surface area contributed by atoms with Crippen LogP contribution in [-0.2, 0) is 13.0 Å². The van der Waals surface area contributed by atoms with Crippen molar-refractivity contribution in [3.63, 3.8) is 0 Å². The number of aryl methyl sites for hydroxylation is 1. The quantitative estimate of drug-likeness (QED) is 0.617. The maximum absolute atomic E-state index is 12.9. The molecule has 24 heavy (non-hydrogen) atoms. The fourth-order valence-corrected chi connectivity index (χ4v) is 2.96. The third kappa shape index (κ3) is 2.94. The standard InChI is InChI=1S/C19H16F3NO/c1-2-14-9-6-10-15-16(18(24)19(20,21)22)12-23(17(14)15)11-13-7-4-3-5-8-13/h3-10,12H,2,11H2,1H3. The minimum Gasteiger partial charge on any atom is -0.342 e. The number of rotatable bonds is 4. The number of halogens is 3. The predicted molar refractivity (Wildman–Crippen MR) is 87.2 cm³/mol. The molecule has 0 N–H and O–H groups in total. The van der Waals surface area contributed by atoms with Gasteiger partial charge in [-0.05, 0) is 17.5 Å². The molecule has 0 aliphatic carbocycles. The first kappa shape index (κ1) is 16.3. The first-order valence-electron chi connectivity index (χ1n) is 7.68. The van der Waals surface area contributed by atoms with Crippen molar-refractivity contribution < 1.29 is 18.0 Å². The number of hydrogen-bond acceptors (Lipinski definition) is 1. The van der Waals surface area contributed by atoms with E-state index in [-0.39, 0.29) is 5.56 Å². The van der Waals surface area contributed by atoms with Crippen LogP contribution in [0.5, 0.6) is 0 Å². The molecule has 0 saturated heterocycles. The molecule has 124 valence electrons. The summed E-state index contributed by atoms with van der Waals surface area (Å²) < 4.78 is 40.5. The van der Waals surface area contributed by atoms with Crippen LogP contribution >= 0.6 is 0 Å². The van der Waals surface area contributed by atoms with Gasteiger partial charge in [-0.3, -0.25) is 4.79 Å². The zero-order chi connectivity index (χ0) is 17.3. The van der Waals surface area contributed by atoms with Gasteiger partial charge in [-0.2, -0.15) is 13.2 Å². The molecule has 0 fully saturated rings. The minimum absolute atomic E-state index is 0.288. The lowest BCUT2D eigenvalue weighted by molar-refractivity contribution is -0.0884. The van der Waals surface area contributed by atoms with Gasteiger partial charge in [0.1, 0.15) is 0 Å². The van der Waals surface area contributed by atoms with Gasteiger partial charge in [-0.25, -0.2) is 0 Å². The Bertz CT molecular complexity index is 879. The summed E-state index contributed by atoms with van der Waals surface area (Å²) in [5.41, 5.74) is 2.29. The summed E-state index contributed by atoms with van der Waals surface area (Å²) >= 11 is 0. The number of para-hydroxylation sites is 1. The first-order chi connectivity index (χ1) is 11.4. The Morgan fingerprint density at radius 1 is 1.04 bits per heavy atom. The highest BCUT2D eigenvalue weighted by Crippen LogP contribution is 2.31. The highest BCUT2D eigenvalue weighted by atomic mass is 19.4. The zero-order valence-corrected chi connectivity index (χ0v) is 13.1. The maximum Gasteiger partial charge on any atom is 0.454 e. The number of aromatic nitrogens is 1. The zero-order valence-electron chi connectivity index (χ0n) is 13.1. The molecule has 0 bridgehead atoms. The van der Waals surface area contributed by atoms with E-state index in [9.17, 15) is 18.0 Å². The van der Waals surface area contributed by atoms with Gasteiger partial charge in [0.15, 0.2) is 0 Å². The molecule has 0 atom stereocenters. The van der Waals surface area contributed by atoms with E-state index in [1.807, 2.05) is 43.3 Å². The van der Waals surface area contributed by atoms with Crippen LogP contribution in [0.1, 0.15) is 28.4 Å². The van der Waals surface area contributed by atoms with Crippen molar-refractivity contribution in [1.29, 1.82) is 0 Å². The number of fused-ring (bicyclic) bond motifs is 1. The summed E-state index contributed by atoms with van der Waals surface area (Å²) in [5, 5.41) is 0.354. The summed E-state index contributed by atoms with van der Waals surface area (Å²) in [6, 6.07) is 14.6. The number of carbonyl (C=O) groups is 1. The monoisotopic (exact) mass is 331 g/mol. The van der Waals surface area contributed by atoms with E-state index in [0.717, 1.165) is 11.1 Å². The van der Waals surface area contributed by atoms with Crippen LogP contribution in [-0.4, -0.2) is 16.5 Å². The van der Waals surface area contributed by atoms with Crippen LogP contribution in [0.15, 0.2) is 54.7 Å². The van der Waals surface area contributed by atoms with Crippen molar-refractivity contribution in [1.82, 2.24) is 4.57 Å². The van der Waals surface area contributed by atoms with Crippen molar-refractivity contribution in [3.8, 4) is 0 Å². The molecule has 3 aromatic rings. The van der Waals surface area contributed by atoms with Gasteiger partial charge >= 0.3 is 6.18 Å². The van der Waals surface area contributed by atoms with Gasteiger partial charge in [-0.15, -0.1) is 0 Å². The molecule has 0 unspecified atom stereocenters. The highest BCUT2D eigenvalue weighted by molar-refractivity contribution is 6.11. The van der Waals surface area contributed by atoms with Gasteiger partial charge in [0.05, 0.1) is 11.1 Å². The molecule has 0 aliphatic heterocycles. The normalized spacial score (nSPS) is 11.8. The molecular formula is C19H16F3NO. The minimum atomic E-state index is -4.88. The maximum atomic E-state index is 12.9. The molecule has 2 aromatic carbocycles. The largest absolute Gasteiger partial charge is 0.454 e. The molecule has 0 aliphatic rings. The molecule has 2 nitrogen and oxygen atoms in total. The average Bonchev–Trinajstić information content (AvgIpc) is 2.93. The summed E-state index contributed by atoms with van der Waals surface area (Å²) in [5.74, 6) is -1.80. The number of carbonyl (C=O) groups excluding carboxylic acids is 1. The van der Waals surface area contributed by atoms with Crippen molar-refractivity contribution in [2.75, 3.05) is 0 Å². The van der Waals surface area contributed by atoms with E-state index < -0.39 is 12.0 Å². The lowest BCUT2D eigenvalue weighted by atomic mass is 10.0. The molecule has 3 rings (SSSR count). The van der Waals surface area contributed by atoms with Crippen molar-refractivity contribution in [2.24, 2.45) is 0 Å². The van der Waals surface area contributed by atoms with E-state index >= 15 is 0 Å². The summed E-state index contributed by atoms with van der Waals surface area (Å²) in [6.45, 7) is 2.36. The highest BCUT2D eigenvalue weighted by Gasteiger charge is 2.40. The lowest BCUT2D eigenvalue weighted by Crippen LogP contribution is -2.22. The Morgan fingerprint density at radius 3 is 2.38 bits per heavy atom. The Balaban J connectivity index is 2.20. The molecule has 1 heterocycles. The van der Waals surface area contributed by atoms with Crippen LogP contribution in [0.4, 0.5) is 13.2 Å². The molecule has 0 saturated carbocycles. The number of nitrogens with zero attached hydrogens (tertiary/aromatic N) is 1.